The highest BCUT2D eigenvalue weighted by molar-refractivity contribution is 7.15. The number of ether oxygens (including phenoxy) is 1. The first-order chi connectivity index (χ1) is 13.0. The summed E-state index contributed by atoms with van der Waals surface area (Å²) in [6.07, 6.45) is 2.38. The molecule has 0 bridgehead atoms. The topological polar surface area (TPSA) is 94.4 Å². The van der Waals surface area contributed by atoms with Crippen molar-refractivity contribution in [2.75, 3.05) is 11.9 Å². The lowest BCUT2D eigenvalue weighted by Crippen LogP contribution is -2.19. The Labute approximate surface area is 163 Å². The van der Waals surface area contributed by atoms with Crippen LogP contribution in [0.1, 0.15) is 10.4 Å². The van der Waals surface area contributed by atoms with E-state index in [4.69, 9.17) is 16.3 Å². The Kier molecular flexibility index (Phi) is 6.00. The SMILES string of the molecule is O=C(COc1ccc([N+](=O)[O-])cc1)Nc1ncc(Cc2cccc(Cl)c2)s1. The van der Waals surface area contributed by atoms with Gasteiger partial charge in [-0.1, -0.05) is 23.7 Å². The molecule has 0 radical (unpaired) electrons. The molecule has 0 aliphatic rings. The van der Waals surface area contributed by atoms with Crippen molar-refractivity contribution in [1.29, 1.82) is 0 Å². The average molecular weight is 404 g/mol. The molecule has 1 N–H and O–H groups in total. The molecule has 7 nitrogen and oxygen atoms in total. The third-order valence-electron chi connectivity index (χ3n) is 3.48. The number of carbonyl (C=O) groups excluding carboxylic acids is 1. The molecule has 138 valence electrons. The zero-order valence-corrected chi connectivity index (χ0v) is 15.5. The normalized spacial score (nSPS) is 10.4. The summed E-state index contributed by atoms with van der Waals surface area (Å²) >= 11 is 7.35. The summed E-state index contributed by atoms with van der Waals surface area (Å²) in [7, 11) is 0. The molecule has 0 unspecified atom stereocenters. The van der Waals surface area contributed by atoms with E-state index in [0.717, 1.165) is 10.4 Å². The number of nitro groups is 1. The van der Waals surface area contributed by atoms with E-state index < -0.39 is 4.92 Å². The molecule has 1 heterocycles. The van der Waals surface area contributed by atoms with Crippen LogP contribution in [0.3, 0.4) is 0 Å². The molecule has 0 aliphatic carbocycles. The van der Waals surface area contributed by atoms with Crippen molar-refractivity contribution in [3.8, 4) is 5.75 Å². The maximum absolute atomic E-state index is 12.0. The van der Waals surface area contributed by atoms with E-state index in [2.05, 4.69) is 10.3 Å². The molecular weight excluding hydrogens is 390 g/mol. The molecular formula is C18H14ClN3O4S. The van der Waals surface area contributed by atoms with Gasteiger partial charge < -0.3 is 4.74 Å². The van der Waals surface area contributed by atoms with Crippen LogP contribution in [0.25, 0.3) is 0 Å². The Morgan fingerprint density at radius 2 is 2.04 bits per heavy atom. The van der Waals surface area contributed by atoms with Crippen LogP contribution in [0, 0.1) is 10.1 Å². The average Bonchev–Trinajstić information content (AvgIpc) is 3.07. The number of aromatic nitrogens is 1. The second-order valence-electron chi connectivity index (χ2n) is 5.53. The largest absolute Gasteiger partial charge is 0.484 e. The molecule has 0 aliphatic heterocycles. The molecule has 1 aromatic heterocycles. The van der Waals surface area contributed by atoms with E-state index >= 15 is 0 Å². The Morgan fingerprint density at radius 3 is 2.74 bits per heavy atom. The summed E-state index contributed by atoms with van der Waals surface area (Å²) in [4.78, 5) is 27.3. The number of amides is 1. The van der Waals surface area contributed by atoms with Crippen LogP contribution in [0.5, 0.6) is 5.75 Å². The molecule has 3 aromatic rings. The summed E-state index contributed by atoms with van der Waals surface area (Å²) in [6, 6.07) is 13.1. The van der Waals surface area contributed by atoms with Crippen LogP contribution in [0.2, 0.25) is 5.02 Å². The highest BCUT2D eigenvalue weighted by Crippen LogP contribution is 2.22. The van der Waals surface area contributed by atoms with Crippen molar-refractivity contribution in [2.45, 2.75) is 6.42 Å². The highest BCUT2D eigenvalue weighted by atomic mass is 35.5. The Bertz CT molecular complexity index is 959. The summed E-state index contributed by atoms with van der Waals surface area (Å²) in [5, 5.41) is 14.4. The monoisotopic (exact) mass is 403 g/mol. The first-order valence-corrected chi connectivity index (χ1v) is 9.05. The van der Waals surface area contributed by atoms with Gasteiger partial charge in [0.05, 0.1) is 4.92 Å². The Balaban J connectivity index is 1.51. The minimum atomic E-state index is -0.500. The molecule has 0 saturated heterocycles. The Morgan fingerprint density at radius 1 is 1.26 bits per heavy atom. The summed E-state index contributed by atoms with van der Waals surface area (Å²) < 4.78 is 5.32. The minimum absolute atomic E-state index is 0.0400. The number of nitro benzene ring substituents is 1. The van der Waals surface area contributed by atoms with Gasteiger partial charge >= 0.3 is 0 Å². The maximum atomic E-state index is 12.0. The van der Waals surface area contributed by atoms with Crippen LogP contribution in [0.4, 0.5) is 10.8 Å². The number of thiazole rings is 1. The van der Waals surface area contributed by atoms with Gasteiger partial charge in [-0.05, 0) is 29.8 Å². The van der Waals surface area contributed by atoms with Crippen LogP contribution < -0.4 is 10.1 Å². The van der Waals surface area contributed by atoms with Crippen molar-refractivity contribution >= 4 is 39.7 Å². The van der Waals surface area contributed by atoms with Crippen molar-refractivity contribution in [3.63, 3.8) is 0 Å². The molecule has 1 amide bonds. The predicted octanol–water partition coefficient (Wildman–Crippen LogP) is 4.31. The predicted molar refractivity (Wildman–Crippen MR) is 104 cm³/mol. The summed E-state index contributed by atoms with van der Waals surface area (Å²) in [6.45, 7) is -0.221. The van der Waals surface area contributed by atoms with Gasteiger partial charge in [0.25, 0.3) is 11.6 Å². The third kappa shape index (κ3) is 5.50. The molecule has 0 spiro atoms. The van der Waals surface area contributed by atoms with Crippen LogP contribution in [-0.4, -0.2) is 22.4 Å². The standard InChI is InChI=1S/C18H14ClN3O4S/c19-13-3-1-2-12(8-13)9-16-10-20-18(27-16)21-17(23)11-26-15-6-4-14(5-7-15)22(24)25/h1-8,10H,9,11H2,(H,20,21,23). The zero-order chi connectivity index (χ0) is 19.2. The second-order valence-corrected chi connectivity index (χ2v) is 7.08. The van der Waals surface area contributed by atoms with Gasteiger partial charge in [-0.3, -0.25) is 20.2 Å². The van der Waals surface area contributed by atoms with Crippen LogP contribution in [0.15, 0.2) is 54.7 Å². The van der Waals surface area contributed by atoms with E-state index in [1.54, 1.807) is 6.20 Å². The third-order valence-corrected chi connectivity index (χ3v) is 4.63. The fourth-order valence-corrected chi connectivity index (χ4v) is 3.34. The number of carbonyl (C=O) groups is 1. The second kappa shape index (κ2) is 8.61. The number of nitrogens with one attached hydrogen (secondary N) is 1. The van der Waals surface area contributed by atoms with Crippen molar-refractivity contribution in [1.82, 2.24) is 4.98 Å². The first kappa shape index (κ1) is 18.8. The van der Waals surface area contributed by atoms with Crippen LogP contribution in [-0.2, 0) is 11.2 Å². The number of hydrogen-bond donors (Lipinski definition) is 1. The molecule has 27 heavy (non-hydrogen) atoms. The molecule has 0 fully saturated rings. The van der Waals surface area contributed by atoms with E-state index in [9.17, 15) is 14.9 Å². The number of benzene rings is 2. The molecule has 2 aromatic carbocycles. The van der Waals surface area contributed by atoms with Crippen molar-refractivity contribution < 1.29 is 14.5 Å². The van der Waals surface area contributed by atoms with Crippen molar-refractivity contribution in [3.05, 3.63) is 80.3 Å². The maximum Gasteiger partial charge on any atom is 0.269 e. The fourth-order valence-electron chi connectivity index (χ4n) is 2.26. The number of non-ortho nitro benzene ring substituents is 1. The summed E-state index contributed by atoms with van der Waals surface area (Å²) in [5.41, 5.74) is 1.02. The zero-order valence-electron chi connectivity index (χ0n) is 13.9. The molecule has 0 saturated carbocycles. The lowest BCUT2D eigenvalue weighted by atomic mass is 10.1. The van der Waals surface area contributed by atoms with Gasteiger partial charge in [0, 0.05) is 34.7 Å². The van der Waals surface area contributed by atoms with Crippen molar-refractivity contribution in [2.24, 2.45) is 0 Å². The molecule has 0 atom stereocenters. The van der Waals surface area contributed by atoms with E-state index in [1.807, 2.05) is 24.3 Å². The van der Waals surface area contributed by atoms with Gasteiger partial charge in [-0.2, -0.15) is 0 Å². The lowest BCUT2D eigenvalue weighted by Gasteiger charge is -2.05. The van der Waals surface area contributed by atoms with Gasteiger partial charge in [-0.15, -0.1) is 11.3 Å². The van der Waals surface area contributed by atoms with Gasteiger partial charge in [-0.25, -0.2) is 4.98 Å². The smallest absolute Gasteiger partial charge is 0.269 e. The van der Waals surface area contributed by atoms with Gasteiger partial charge in [0.2, 0.25) is 0 Å². The minimum Gasteiger partial charge on any atom is -0.484 e. The first-order valence-electron chi connectivity index (χ1n) is 7.86. The molecule has 3 rings (SSSR count). The molecule has 9 heteroatoms. The van der Waals surface area contributed by atoms with E-state index in [1.165, 1.54) is 35.6 Å². The Hall–Kier alpha value is -2.97. The highest BCUT2D eigenvalue weighted by Gasteiger charge is 2.09. The number of rotatable bonds is 7. The lowest BCUT2D eigenvalue weighted by molar-refractivity contribution is -0.384. The number of hydrogen-bond acceptors (Lipinski definition) is 6. The number of nitrogens with zero attached hydrogens (tertiary/aromatic N) is 2. The van der Waals surface area contributed by atoms with Crippen LogP contribution >= 0.6 is 22.9 Å². The summed E-state index contributed by atoms with van der Waals surface area (Å²) in [5.74, 6) is 0.00791. The van der Waals surface area contributed by atoms with E-state index in [-0.39, 0.29) is 18.2 Å². The quantitative estimate of drug-likeness (QED) is 0.468. The van der Waals surface area contributed by atoms with Gasteiger partial charge in [0.1, 0.15) is 5.75 Å². The van der Waals surface area contributed by atoms with Gasteiger partial charge in [0.15, 0.2) is 11.7 Å². The van der Waals surface area contributed by atoms with E-state index in [0.29, 0.717) is 22.3 Å². The fraction of sp³-hybridized carbons (Fsp3) is 0.111. The number of anilines is 1. The number of halogens is 1.